The van der Waals surface area contributed by atoms with Crippen LogP contribution in [0.25, 0.3) is 10.9 Å². The number of aromatic amines is 1. The van der Waals surface area contributed by atoms with Gasteiger partial charge in [0.15, 0.2) is 0 Å². The topological polar surface area (TPSA) is 65.4 Å². The minimum absolute atomic E-state index is 0.0216. The number of hydrogen-bond donors (Lipinski definition) is 2. The van der Waals surface area contributed by atoms with Gasteiger partial charge in [-0.15, -0.1) is 0 Å². The highest BCUT2D eigenvalue weighted by molar-refractivity contribution is 6.35. The summed E-state index contributed by atoms with van der Waals surface area (Å²) in [6.07, 6.45) is 3.49. The third-order valence-electron chi connectivity index (χ3n) is 6.79. The number of H-pyrrole nitrogens is 1. The van der Waals surface area contributed by atoms with Crippen LogP contribution >= 0.6 is 23.2 Å². The molecule has 1 aliphatic heterocycles. The van der Waals surface area contributed by atoms with Crippen molar-refractivity contribution < 1.29 is 4.79 Å². The SMILES string of the molecule is CC1[C@H](C)N(C(=O)C(N)Cc2ccc(Cl)cc2Cl)CCN1CCc1c[nH]c2ccccc12. The number of nitrogens with two attached hydrogens (primary N) is 1. The van der Waals surface area contributed by atoms with Crippen molar-refractivity contribution in [2.24, 2.45) is 5.73 Å². The zero-order valence-electron chi connectivity index (χ0n) is 18.5. The summed E-state index contributed by atoms with van der Waals surface area (Å²) < 4.78 is 0. The summed E-state index contributed by atoms with van der Waals surface area (Å²) in [7, 11) is 0. The number of nitrogens with one attached hydrogen (secondary N) is 1. The predicted molar refractivity (Wildman–Crippen MR) is 132 cm³/mol. The van der Waals surface area contributed by atoms with E-state index in [1.165, 1.54) is 16.5 Å². The van der Waals surface area contributed by atoms with Crippen molar-refractivity contribution in [1.82, 2.24) is 14.8 Å². The van der Waals surface area contributed by atoms with Gasteiger partial charge in [0.2, 0.25) is 5.91 Å². The van der Waals surface area contributed by atoms with Crippen molar-refractivity contribution in [2.75, 3.05) is 19.6 Å². The molecule has 5 nitrogen and oxygen atoms in total. The van der Waals surface area contributed by atoms with Crippen LogP contribution in [0.1, 0.15) is 25.0 Å². The molecule has 3 aromatic rings. The summed E-state index contributed by atoms with van der Waals surface area (Å²) in [5, 5.41) is 2.41. The number of rotatable bonds is 6. The summed E-state index contributed by atoms with van der Waals surface area (Å²) in [6.45, 7) is 6.79. The van der Waals surface area contributed by atoms with Crippen molar-refractivity contribution in [3.63, 3.8) is 0 Å². The smallest absolute Gasteiger partial charge is 0.240 e. The molecule has 0 bridgehead atoms. The summed E-state index contributed by atoms with van der Waals surface area (Å²) >= 11 is 12.3. The minimum atomic E-state index is -0.624. The van der Waals surface area contributed by atoms with Crippen LogP contribution in [0, 0.1) is 0 Å². The molecule has 1 fully saturated rings. The number of para-hydroxylation sites is 1. The highest BCUT2D eigenvalue weighted by atomic mass is 35.5. The molecule has 32 heavy (non-hydrogen) atoms. The summed E-state index contributed by atoms with van der Waals surface area (Å²) in [6, 6.07) is 13.4. The van der Waals surface area contributed by atoms with Gasteiger partial charge in [-0.3, -0.25) is 9.69 Å². The number of hydrogen-bond acceptors (Lipinski definition) is 3. The Morgan fingerprint density at radius 3 is 2.69 bits per heavy atom. The van der Waals surface area contributed by atoms with E-state index < -0.39 is 6.04 Å². The highest BCUT2D eigenvalue weighted by Crippen LogP contribution is 2.24. The third kappa shape index (κ3) is 4.81. The van der Waals surface area contributed by atoms with Gasteiger partial charge in [-0.1, -0.05) is 47.5 Å². The van der Waals surface area contributed by atoms with E-state index in [2.05, 4.69) is 48.1 Å². The second-order valence-corrected chi connectivity index (χ2v) is 9.55. The van der Waals surface area contributed by atoms with Crippen LogP contribution < -0.4 is 5.73 Å². The number of carbonyl (C=O) groups is 1. The molecule has 3 N–H and O–H groups in total. The lowest BCUT2D eigenvalue weighted by atomic mass is 10.00. The average molecular weight is 473 g/mol. The predicted octanol–water partition coefficient (Wildman–Crippen LogP) is 4.51. The monoisotopic (exact) mass is 472 g/mol. The van der Waals surface area contributed by atoms with Crippen LogP contribution in [0.15, 0.2) is 48.7 Å². The molecular formula is C25H30Cl2N4O. The molecule has 2 unspecified atom stereocenters. The second kappa shape index (κ2) is 9.84. The fraction of sp³-hybridized carbons (Fsp3) is 0.400. The first kappa shape index (κ1) is 23.1. The van der Waals surface area contributed by atoms with E-state index in [1.54, 1.807) is 12.1 Å². The van der Waals surface area contributed by atoms with Gasteiger partial charge in [0.25, 0.3) is 0 Å². The Hall–Kier alpha value is -2.05. The van der Waals surface area contributed by atoms with Gasteiger partial charge in [-0.05, 0) is 56.0 Å². The Morgan fingerprint density at radius 2 is 1.91 bits per heavy atom. The number of amides is 1. The van der Waals surface area contributed by atoms with E-state index >= 15 is 0 Å². The quantitative estimate of drug-likeness (QED) is 0.554. The standard InChI is InChI=1S/C25H30Cl2N4O/c1-16-17(2)31(25(32)23(28)13-18-7-8-20(26)14-22(18)27)12-11-30(16)10-9-19-15-29-24-6-4-3-5-21(19)24/h3-8,14-17,23,29H,9-13,28H2,1-2H3/t16?,17-,23?/m0/s1. The summed E-state index contributed by atoms with van der Waals surface area (Å²) in [4.78, 5) is 20.9. The number of nitrogens with zero attached hydrogens (tertiary/aromatic N) is 2. The molecule has 1 aliphatic rings. The van der Waals surface area contributed by atoms with Crippen LogP contribution in [-0.2, 0) is 17.6 Å². The van der Waals surface area contributed by atoms with Crippen LogP contribution in [0.3, 0.4) is 0 Å². The molecule has 0 aliphatic carbocycles. The van der Waals surface area contributed by atoms with Crippen LogP contribution in [0.4, 0.5) is 0 Å². The molecule has 2 heterocycles. The molecule has 170 valence electrons. The van der Waals surface area contributed by atoms with Gasteiger partial charge < -0.3 is 15.6 Å². The Balaban J connectivity index is 1.36. The van der Waals surface area contributed by atoms with E-state index in [-0.39, 0.29) is 18.0 Å². The van der Waals surface area contributed by atoms with Crippen LogP contribution in [-0.4, -0.2) is 58.5 Å². The highest BCUT2D eigenvalue weighted by Gasteiger charge is 2.35. The Bertz CT molecular complexity index is 1100. The van der Waals surface area contributed by atoms with Gasteiger partial charge in [0.1, 0.15) is 0 Å². The van der Waals surface area contributed by atoms with Gasteiger partial charge in [-0.2, -0.15) is 0 Å². The van der Waals surface area contributed by atoms with E-state index in [9.17, 15) is 4.79 Å². The average Bonchev–Trinajstić information content (AvgIpc) is 3.19. The lowest BCUT2D eigenvalue weighted by Crippen LogP contribution is -2.61. The van der Waals surface area contributed by atoms with Crippen molar-refractivity contribution in [3.05, 3.63) is 69.8 Å². The molecule has 1 amide bonds. The number of fused-ring (bicyclic) bond motifs is 1. The third-order valence-corrected chi connectivity index (χ3v) is 7.38. The fourth-order valence-corrected chi connectivity index (χ4v) is 5.15. The summed E-state index contributed by atoms with van der Waals surface area (Å²) in [5.74, 6) is -0.0216. The first-order chi connectivity index (χ1) is 15.3. The van der Waals surface area contributed by atoms with Gasteiger partial charge >= 0.3 is 0 Å². The molecular weight excluding hydrogens is 443 g/mol. The van der Waals surface area contributed by atoms with E-state index in [0.717, 1.165) is 25.1 Å². The van der Waals surface area contributed by atoms with Crippen molar-refractivity contribution in [2.45, 2.75) is 44.8 Å². The van der Waals surface area contributed by atoms with Crippen molar-refractivity contribution in [3.8, 4) is 0 Å². The lowest BCUT2D eigenvalue weighted by molar-refractivity contribution is -0.138. The number of aromatic nitrogens is 1. The van der Waals surface area contributed by atoms with Crippen LogP contribution in [0.5, 0.6) is 0 Å². The first-order valence-electron chi connectivity index (χ1n) is 11.1. The van der Waals surface area contributed by atoms with Crippen molar-refractivity contribution >= 4 is 40.0 Å². The first-order valence-corrected chi connectivity index (χ1v) is 11.9. The van der Waals surface area contributed by atoms with Gasteiger partial charge in [0, 0.05) is 58.9 Å². The number of benzene rings is 2. The zero-order chi connectivity index (χ0) is 22.8. The molecule has 1 saturated heterocycles. The van der Waals surface area contributed by atoms with Gasteiger partial charge in [0.05, 0.1) is 6.04 Å². The minimum Gasteiger partial charge on any atom is -0.361 e. The largest absolute Gasteiger partial charge is 0.361 e. The Kier molecular flexibility index (Phi) is 7.11. The van der Waals surface area contributed by atoms with E-state index in [1.807, 2.05) is 17.0 Å². The number of piperazine rings is 1. The van der Waals surface area contributed by atoms with Gasteiger partial charge in [-0.25, -0.2) is 0 Å². The van der Waals surface area contributed by atoms with Crippen LogP contribution in [0.2, 0.25) is 10.0 Å². The van der Waals surface area contributed by atoms with Crippen molar-refractivity contribution in [1.29, 1.82) is 0 Å². The molecule has 4 rings (SSSR count). The second-order valence-electron chi connectivity index (χ2n) is 8.70. The maximum atomic E-state index is 13.1. The summed E-state index contributed by atoms with van der Waals surface area (Å²) in [5.41, 5.74) is 9.66. The fourth-order valence-electron chi connectivity index (χ4n) is 4.66. The Labute approximate surface area is 199 Å². The molecule has 0 spiro atoms. The maximum Gasteiger partial charge on any atom is 0.240 e. The maximum absolute atomic E-state index is 13.1. The normalized spacial score (nSPS) is 20.6. The Morgan fingerprint density at radius 1 is 1.12 bits per heavy atom. The van der Waals surface area contributed by atoms with E-state index in [0.29, 0.717) is 23.0 Å². The molecule has 1 aromatic heterocycles. The molecule has 2 aromatic carbocycles. The molecule has 3 atom stereocenters. The lowest BCUT2D eigenvalue weighted by Gasteiger charge is -2.45. The number of carbonyl (C=O) groups excluding carboxylic acids is 1. The zero-order valence-corrected chi connectivity index (χ0v) is 20.0. The van der Waals surface area contributed by atoms with E-state index in [4.69, 9.17) is 28.9 Å². The molecule has 0 saturated carbocycles. The molecule has 7 heteroatoms. The molecule has 0 radical (unpaired) electrons. The number of halogens is 2.